The molecule has 1 aliphatic rings. The number of para-hydroxylation sites is 1. The maximum absolute atomic E-state index is 13.6. The fourth-order valence-electron chi connectivity index (χ4n) is 3.81. The number of halogens is 2. The van der Waals surface area contributed by atoms with Crippen molar-refractivity contribution in [3.8, 4) is 0 Å². The van der Waals surface area contributed by atoms with Gasteiger partial charge in [0.05, 0.1) is 6.54 Å². The van der Waals surface area contributed by atoms with E-state index >= 15 is 0 Å². The summed E-state index contributed by atoms with van der Waals surface area (Å²) in [4.78, 5) is 40.3. The van der Waals surface area contributed by atoms with Gasteiger partial charge in [0.25, 0.3) is 17.7 Å². The third-order valence-corrected chi connectivity index (χ3v) is 5.41. The zero-order valence-corrected chi connectivity index (χ0v) is 17.1. The maximum Gasteiger partial charge on any atom is 0.259 e. The molecule has 162 valence electrons. The van der Waals surface area contributed by atoms with Gasteiger partial charge in [-0.05, 0) is 42.5 Å². The van der Waals surface area contributed by atoms with Gasteiger partial charge in [-0.25, -0.2) is 8.78 Å². The molecule has 4 rings (SSSR count). The molecule has 1 aliphatic heterocycles. The molecule has 1 unspecified atom stereocenters. The van der Waals surface area contributed by atoms with Gasteiger partial charge < -0.3 is 15.5 Å². The molecule has 8 heteroatoms. The third kappa shape index (κ3) is 3.71. The summed E-state index contributed by atoms with van der Waals surface area (Å²) in [5.74, 6) is -2.93. The van der Waals surface area contributed by atoms with Gasteiger partial charge in [-0.2, -0.15) is 0 Å². The number of fused-ring (bicyclic) bond motifs is 1. The van der Waals surface area contributed by atoms with Crippen LogP contribution in [0.3, 0.4) is 0 Å². The standard InChI is InChI=1S/C24H19F2N3O3/c1-29-20-11-3-2-10-19(20)24(23(29)32,28-22(31)16-7-5-9-18(26)13-16)14-27-21(30)15-6-4-8-17(25)12-15/h2-13H,14H2,1H3,(H,27,30)(H,28,31). The van der Waals surface area contributed by atoms with Gasteiger partial charge in [0, 0.05) is 29.4 Å². The molecule has 1 heterocycles. The maximum atomic E-state index is 13.6. The predicted molar refractivity (Wildman–Crippen MR) is 114 cm³/mol. The van der Waals surface area contributed by atoms with Crippen LogP contribution in [0.5, 0.6) is 0 Å². The van der Waals surface area contributed by atoms with E-state index in [1.165, 1.54) is 41.3 Å². The van der Waals surface area contributed by atoms with E-state index < -0.39 is 34.9 Å². The minimum atomic E-state index is -1.63. The number of nitrogens with one attached hydrogen (secondary N) is 2. The van der Waals surface area contributed by atoms with Gasteiger partial charge in [0.15, 0.2) is 5.54 Å². The molecule has 0 bridgehead atoms. The number of rotatable bonds is 5. The molecule has 32 heavy (non-hydrogen) atoms. The first-order valence-corrected chi connectivity index (χ1v) is 9.81. The normalized spacial score (nSPS) is 17.1. The largest absolute Gasteiger partial charge is 0.349 e. The van der Waals surface area contributed by atoms with Crippen molar-refractivity contribution in [3.63, 3.8) is 0 Å². The minimum absolute atomic E-state index is 0.0284. The molecule has 2 N–H and O–H groups in total. The van der Waals surface area contributed by atoms with Crippen molar-refractivity contribution in [2.24, 2.45) is 0 Å². The van der Waals surface area contributed by atoms with Crippen LogP contribution in [-0.4, -0.2) is 31.3 Å². The number of carbonyl (C=O) groups is 3. The molecule has 0 fully saturated rings. The van der Waals surface area contributed by atoms with E-state index in [-0.39, 0.29) is 17.7 Å². The fraction of sp³-hybridized carbons (Fsp3) is 0.125. The Kier molecular flexibility index (Phi) is 5.44. The highest BCUT2D eigenvalue weighted by Crippen LogP contribution is 2.39. The minimum Gasteiger partial charge on any atom is -0.349 e. The lowest BCUT2D eigenvalue weighted by molar-refractivity contribution is -0.123. The SMILES string of the molecule is CN1C(=O)C(CNC(=O)c2cccc(F)c2)(NC(=O)c2cccc(F)c2)c2ccccc21. The summed E-state index contributed by atoms with van der Waals surface area (Å²) < 4.78 is 27.2. The van der Waals surface area contributed by atoms with E-state index in [1.807, 2.05) is 0 Å². The van der Waals surface area contributed by atoms with Crippen molar-refractivity contribution < 1.29 is 23.2 Å². The van der Waals surface area contributed by atoms with Crippen LogP contribution < -0.4 is 15.5 Å². The van der Waals surface area contributed by atoms with Crippen molar-refractivity contribution in [1.82, 2.24) is 10.6 Å². The number of hydrogen-bond donors (Lipinski definition) is 2. The molecule has 3 amide bonds. The Hall–Kier alpha value is -4.07. The average molecular weight is 435 g/mol. The lowest BCUT2D eigenvalue weighted by Crippen LogP contribution is -2.58. The molecule has 0 saturated heterocycles. The van der Waals surface area contributed by atoms with Crippen molar-refractivity contribution >= 4 is 23.4 Å². The van der Waals surface area contributed by atoms with Gasteiger partial charge >= 0.3 is 0 Å². The zero-order chi connectivity index (χ0) is 22.9. The first kappa shape index (κ1) is 21.2. The monoisotopic (exact) mass is 435 g/mol. The topological polar surface area (TPSA) is 78.5 Å². The van der Waals surface area contributed by atoms with E-state index in [9.17, 15) is 23.2 Å². The molecule has 3 aromatic rings. The van der Waals surface area contributed by atoms with E-state index in [1.54, 1.807) is 31.3 Å². The highest BCUT2D eigenvalue weighted by molar-refractivity contribution is 6.11. The van der Waals surface area contributed by atoms with E-state index in [2.05, 4.69) is 10.6 Å². The Morgan fingerprint density at radius 3 is 2.09 bits per heavy atom. The van der Waals surface area contributed by atoms with Crippen molar-refractivity contribution in [1.29, 1.82) is 0 Å². The second kappa shape index (κ2) is 8.22. The van der Waals surface area contributed by atoms with Crippen LogP contribution in [0.25, 0.3) is 0 Å². The van der Waals surface area contributed by atoms with Gasteiger partial charge in [0.2, 0.25) is 0 Å². The summed E-state index contributed by atoms with van der Waals surface area (Å²) in [6, 6.07) is 17.1. The average Bonchev–Trinajstić information content (AvgIpc) is 3.00. The highest BCUT2D eigenvalue weighted by Gasteiger charge is 2.51. The van der Waals surface area contributed by atoms with E-state index in [0.717, 1.165) is 12.1 Å². The summed E-state index contributed by atoms with van der Waals surface area (Å²) in [6.45, 7) is -0.288. The molecular formula is C24H19F2N3O3. The lowest BCUT2D eigenvalue weighted by atomic mass is 9.90. The lowest BCUT2D eigenvalue weighted by Gasteiger charge is -2.30. The zero-order valence-electron chi connectivity index (χ0n) is 17.1. The molecular weight excluding hydrogens is 416 g/mol. The van der Waals surface area contributed by atoms with Gasteiger partial charge in [-0.3, -0.25) is 14.4 Å². The van der Waals surface area contributed by atoms with Crippen molar-refractivity contribution in [3.05, 3.63) is 101 Å². The van der Waals surface area contributed by atoms with Crippen LogP contribution in [0, 0.1) is 11.6 Å². The highest BCUT2D eigenvalue weighted by atomic mass is 19.1. The Labute approximate surface area is 182 Å². The molecule has 0 spiro atoms. The number of anilines is 1. The number of carbonyl (C=O) groups excluding carboxylic acids is 3. The molecule has 0 saturated carbocycles. The summed E-state index contributed by atoms with van der Waals surface area (Å²) >= 11 is 0. The van der Waals surface area contributed by atoms with Crippen LogP contribution in [0.2, 0.25) is 0 Å². The van der Waals surface area contributed by atoms with Crippen molar-refractivity contribution in [2.45, 2.75) is 5.54 Å². The first-order valence-electron chi connectivity index (χ1n) is 9.81. The molecule has 3 aromatic carbocycles. The van der Waals surface area contributed by atoms with Crippen LogP contribution in [0.15, 0.2) is 72.8 Å². The van der Waals surface area contributed by atoms with Crippen LogP contribution in [-0.2, 0) is 10.3 Å². The molecule has 1 atom stereocenters. The summed E-state index contributed by atoms with van der Waals surface area (Å²) in [5, 5.41) is 5.33. The summed E-state index contributed by atoms with van der Waals surface area (Å²) in [5.41, 5.74) is -0.476. The molecule has 0 aliphatic carbocycles. The number of hydrogen-bond acceptors (Lipinski definition) is 3. The molecule has 6 nitrogen and oxygen atoms in total. The number of likely N-dealkylation sites (N-methyl/N-ethyl adjacent to an activating group) is 1. The summed E-state index contributed by atoms with van der Waals surface area (Å²) in [7, 11) is 1.56. The number of nitrogens with zero attached hydrogens (tertiary/aromatic N) is 1. The number of amides is 3. The second-order valence-corrected chi connectivity index (χ2v) is 7.44. The van der Waals surface area contributed by atoms with Crippen LogP contribution >= 0.6 is 0 Å². The molecule has 0 aromatic heterocycles. The quantitative estimate of drug-likeness (QED) is 0.647. The van der Waals surface area contributed by atoms with Gasteiger partial charge in [-0.15, -0.1) is 0 Å². The number of benzene rings is 3. The third-order valence-electron chi connectivity index (χ3n) is 5.41. The molecule has 0 radical (unpaired) electrons. The van der Waals surface area contributed by atoms with Crippen molar-refractivity contribution in [2.75, 3.05) is 18.5 Å². The first-order chi connectivity index (χ1) is 15.3. The van der Waals surface area contributed by atoms with E-state index in [0.29, 0.717) is 11.3 Å². The second-order valence-electron chi connectivity index (χ2n) is 7.44. The smallest absolute Gasteiger partial charge is 0.259 e. The van der Waals surface area contributed by atoms with Crippen LogP contribution in [0.1, 0.15) is 26.3 Å². The predicted octanol–water partition coefficient (Wildman–Crippen LogP) is 3.00. The Balaban J connectivity index is 1.70. The Morgan fingerprint density at radius 2 is 1.47 bits per heavy atom. The summed E-state index contributed by atoms with van der Waals surface area (Å²) in [6.07, 6.45) is 0. The van der Waals surface area contributed by atoms with Crippen LogP contribution in [0.4, 0.5) is 14.5 Å². The fourth-order valence-corrected chi connectivity index (χ4v) is 3.81. The van der Waals surface area contributed by atoms with Gasteiger partial charge in [-0.1, -0.05) is 30.3 Å². The Bertz CT molecular complexity index is 1230. The Morgan fingerprint density at radius 1 is 0.875 bits per heavy atom. The van der Waals surface area contributed by atoms with Gasteiger partial charge in [0.1, 0.15) is 11.6 Å². The van der Waals surface area contributed by atoms with E-state index in [4.69, 9.17) is 0 Å².